The van der Waals surface area contributed by atoms with Crippen molar-refractivity contribution >= 4 is 22.8 Å². The number of hydrogen-bond acceptors (Lipinski definition) is 5. The second-order valence-electron chi connectivity index (χ2n) is 5.96. The van der Waals surface area contributed by atoms with Crippen LogP contribution in [0, 0.1) is 5.92 Å². The van der Waals surface area contributed by atoms with E-state index in [4.69, 9.17) is 0 Å². The molecule has 7 nitrogen and oxygen atoms in total. The van der Waals surface area contributed by atoms with E-state index in [1.54, 1.807) is 11.5 Å². The molecule has 1 aliphatic heterocycles. The Labute approximate surface area is 142 Å². The molecule has 0 saturated carbocycles. The first kappa shape index (κ1) is 17.5. The second kappa shape index (κ2) is 7.26. The van der Waals surface area contributed by atoms with Crippen LogP contribution in [0.4, 0.5) is 19.0 Å². The van der Waals surface area contributed by atoms with Crippen molar-refractivity contribution in [3.8, 4) is 0 Å². The van der Waals surface area contributed by atoms with Gasteiger partial charge in [-0.1, -0.05) is 0 Å². The number of carbonyl (C=O) groups is 1. The van der Waals surface area contributed by atoms with E-state index < -0.39 is 24.5 Å². The summed E-state index contributed by atoms with van der Waals surface area (Å²) in [6.45, 7) is 0.984. The maximum atomic E-state index is 13.1. The first-order valence-corrected chi connectivity index (χ1v) is 7.96. The van der Waals surface area contributed by atoms with E-state index in [1.165, 1.54) is 6.33 Å². The summed E-state index contributed by atoms with van der Waals surface area (Å²) in [6.07, 6.45) is -1.45. The number of rotatable bonds is 5. The van der Waals surface area contributed by atoms with E-state index in [9.17, 15) is 18.0 Å². The lowest BCUT2D eigenvalue weighted by molar-refractivity contribution is -0.130. The molecule has 2 aromatic rings. The lowest BCUT2D eigenvalue weighted by Gasteiger charge is -2.38. The fourth-order valence-electron chi connectivity index (χ4n) is 3.01. The van der Waals surface area contributed by atoms with Crippen molar-refractivity contribution in [3.63, 3.8) is 0 Å². The van der Waals surface area contributed by atoms with Crippen LogP contribution in [0.5, 0.6) is 0 Å². The molecule has 10 heteroatoms. The van der Waals surface area contributed by atoms with Gasteiger partial charge in [0.05, 0.1) is 11.3 Å². The summed E-state index contributed by atoms with van der Waals surface area (Å²) in [5.74, 6) is -0.583. The molecule has 25 heavy (non-hydrogen) atoms. The quantitative estimate of drug-likeness (QED) is 0.798. The lowest BCUT2D eigenvalue weighted by Crippen LogP contribution is -2.51. The molecule has 0 aromatic carbocycles. The molecule has 2 atom stereocenters. The number of alkyl halides is 3. The molecule has 0 spiro atoms. The number of fused-ring (bicyclic) bond motifs is 1. The molecule has 2 N–H and O–H groups in total. The van der Waals surface area contributed by atoms with Crippen LogP contribution >= 0.6 is 0 Å². The van der Waals surface area contributed by atoms with Gasteiger partial charge in [-0.2, -0.15) is 0 Å². The predicted octanol–water partition coefficient (Wildman–Crippen LogP) is 1.70. The van der Waals surface area contributed by atoms with Crippen LogP contribution in [0.15, 0.2) is 18.6 Å². The molecule has 1 aliphatic rings. The lowest BCUT2D eigenvalue weighted by atomic mass is 9.98. The van der Waals surface area contributed by atoms with Crippen LogP contribution in [-0.4, -0.2) is 58.7 Å². The summed E-state index contributed by atoms with van der Waals surface area (Å²) in [5.41, 5.74) is 0.695. The third-order valence-corrected chi connectivity index (χ3v) is 4.34. The third kappa shape index (κ3) is 3.68. The van der Waals surface area contributed by atoms with Gasteiger partial charge in [0.1, 0.15) is 12.0 Å². The highest BCUT2D eigenvalue weighted by molar-refractivity contribution is 5.87. The van der Waals surface area contributed by atoms with Crippen molar-refractivity contribution in [2.24, 2.45) is 5.92 Å². The van der Waals surface area contributed by atoms with Crippen LogP contribution in [0.3, 0.4) is 0 Å². The average molecular weight is 356 g/mol. The minimum absolute atomic E-state index is 0.300. The summed E-state index contributed by atoms with van der Waals surface area (Å²) >= 11 is 0. The van der Waals surface area contributed by atoms with Crippen molar-refractivity contribution in [3.05, 3.63) is 18.6 Å². The van der Waals surface area contributed by atoms with E-state index in [0.717, 1.165) is 5.39 Å². The van der Waals surface area contributed by atoms with Gasteiger partial charge in [-0.05, 0) is 18.9 Å². The molecule has 0 aliphatic carbocycles. The maximum absolute atomic E-state index is 13.1. The normalized spacial score (nSPS) is 20.0. The molecule has 1 amide bonds. The summed E-state index contributed by atoms with van der Waals surface area (Å²) in [4.78, 5) is 23.5. The number of aromatic nitrogens is 3. The monoisotopic (exact) mass is 356 g/mol. The standard InChI is InChI=1S/C15H19F3N6O/c1-23(14-10-4-5-19-13(10)20-8-21-14)24-6-2-3-9(7-24)15(25)22-12(18)11(16)17/h4-5,8-9,11-12H,2-3,6-7H2,1H3,(H,22,25)(H,19,20,21). The van der Waals surface area contributed by atoms with Crippen LogP contribution < -0.4 is 10.3 Å². The summed E-state index contributed by atoms with van der Waals surface area (Å²) in [7, 11) is 1.81. The Morgan fingerprint density at radius 2 is 2.24 bits per heavy atom. The van der Waals surface area contributed by atoms with Gasteiger partial charge in [-0.3, -0.25) is 9.80 Å². The summed E-state index contributed by atoms with van der Waals surface area (Å²) < 4.78 is 37.6. The molecular weight excluding hydrogens is 337 g/mol. The minimum Gasteiger partial charge on any atom is -0.346 e. The zero-order valence-corrected chi connectivity index (χ0v) is 13.6. The number of nitrogens with one attached hydrogen (secondary N) is 2. The minimum atomic E-state index is -3.23. The molecule has 0 bridgehead atoms. The van der Waals surface area contributed by atoms with Gasteiger partial charge in [0.2, 0.25) is 12.2 Å². The molecule has 3 heterocycles. The molecule has 1 saturated heterocycles. The number of carbonyl (C=O) groups excluding carboxylic acids is 1. The zero-order chi connectivity index (χ0) is 18.0. The maximum Gasteiger partial charge on any atom is 0.287 e. The smallest absolute Gasteiger partial charge is 0.287 e. The molecule has 3 rings (SSSR count). The number of H-pyrrole nitrogens is 1. The zero-order valence-electron chi connectivity index (χ0n) is 13.6. The highest BCUT2D eigenvalue weighted by Crippen LogP contribution is 2.25. The molecule has 1 fully saturated rings. The Hall–Kier alpha value is -2.36. The van der Waals surface area contributed by atoms with Gasteiger partial charge in [-0.25, -0.2) is 28.1 Å². The molecule has 0 radical (unpaired) electrons. The van der Waals surface area contributed by atoms with Crippen LogP contribution in [-0.2, 0) is 4.79 Å². The van der Waals surface area contributed by atoms with Gasteiger partial charge in [0, 0.05) is 26.3 Å². The Morgan fingerprint density at radius 1 is 1.44 bits per heavy atom. The summed E-state index contributed by atoms with van der Waals surface area (Å²) in [5, 5.41) is 6.29. The van der Waals surface area contributed by atoms with E-state index in [0.29, 0.717) is 37.4 Å². The van der Waals surface area contributed by atoms with Crippen LogP contribution in [0.1, 0.15) is 12.8 Å². The van der Waals surface area contributed by atoms with E-state index >= 15 is 0 Å². The number of amides is 1. The van der Waals surface area contributed by atoms with Crippen molar-refractivity contribution in [2.45, 2.75) is 25.6 Å². The molecule has 2 aromatic heterocycles. The van der Waals surface area contributed by atoms with Crippen LogP contribution in [0.25, 0.3) is 11.0 Å². The van der Waals surface area contributed by atoms with Gasteiger partial charge < -0.3 is 10.3 Å². The highest BCUT2D eigenvalue weighted by Gasteiger charge is 2.31. The third-order valence-electron chi connectivity index (χ3n) is 4.34. The molecule has 136 valence electrons. The Kier molecular flexibility index (Phi) is 5.07. The second-order valence-corrected chi connectivity index (χ2v) is 5.96. The predicted molar refractivity (Wildman–Crippen MR) is 85.6 cm³/mol. The van der Waals surface area contributed by atoms with Gasteiger partial charge in [-0.15, -0.1) is 0 Å². The van der Waals surface area contributed by atoms with E-state index in [1.807, 2.05) is 23.1 Å². The Balaban J connectivity index is 1.70. The number of hydrazine groups is 1. The van der Waals surface area contributed by atoms with E-state index in [-0.39, 0.29) is 0 Å². The van der Waals surface area contributed by atoms with Crippen LogP contribution in [0.2, 0.25) is 0 Å². The van der Waals surface area contributed by atoms with Crippen molar-refractivity contribution in [1.82, 2.24) is 25.3 Å². The molecule has 2 unspecified atom stereocenters. The number of hydrogen-bond donors (Lipinski definition) is 2. The first-order valence-electron chi connectivity index (χ1n) is 7.96. The molecular formula is C15H19F3N6O. The van der Waals surface area contributed by atoms with Crippen molar-refractivity contribution in [2.75, 3.05) is 25.1 Å². The SMILES string of the molecule is CN(c1ncnc2[nH]ccc12)N1CCCC(C(=O)NC(F)C(F)F)C1. The number of aromatic amines is 1. The fraction of sp³-hybridized carbons (Fsp3) is 0.533. The Morgan fingerprint density at radius 3 is 3.00 bits per heavy atom. The van der Waals surface area contributed by atoms with Gasteiger partial charge in [0.25, 0.3) is 6.43 Å². The number of nitrogens with zero attached hydrogens (tertiary/aromatic N) is 4. The largest absolute Gasteiger partial charge is 0.346 e. The number of anilines is 1. The Bertz CT molecular complexity index is 739. The van der Waals surface area contributed by atoms with Gasteiger partial charge in [0.15, 0.2) is 5.82 Å². The van der Waals surface area contributed by atoms with Gasteiger partial charge >= 0.3 is 0 Å². The average Bonchev–Trinajstić information content (AvgIpc) is 3.09. The topological polar surface area (TPSA) is 77.2 Å². The number of halogens is 3. The highest BCUT2D eigenvalue weighted by atomic mass is 19.3. The van der Waals surface area contributed by atoms with E-state index in [2.05, 4.69) is 15.0 Å². The summed E-state index contributed by atoms with van der Waals surface area (Å²) in [6, 6.07) is 1.85. The van der Waals surface area contributed by atoms with Crippen molar-refractivity contribution in [1.29, 1.82) is 0 Å². The first-order chi connectivity index (χ1) is 12.0. The number of piperidine rings is 1. The van der Waals surface area contributed by atoms with Crippen molar-refractivity contribution < 1.29 is 18.0 Å². The fourth-order valence-corrected chi connectivity index (χ4v) is 3.01.